The molecule has 0 aromatic rings. The molecule has 1 rings (SSSR count). The van der Waals surface area contributed by atoms with E-state index in [2.05, 4.69) is 0 Å². The van der Waals surface area contributed by atoms with Gasteiger partial charge in [-0.25, -0.2) is 4.39 Å². The molecule has 0 aromatic carbocycles. The topological polar surface area (TPSA) is 89.4 Å². The number of hydrogen-bond acceptors (Lipinski definition) is 3. The third-order valence-corrected chi connectivity index (χ3v) is 2.46. The van der Waals surface area contributed by atoms with Crippen molar-refractivity contribution in [2.75, 3.05) is 13.1 Å². The molecule has 2 atom stereocenters. The molecule has 0 aromatic heterocycles. The van der Waals surface area contributed by atoms with Crippen molar-refractivity contribution < 1.29 is 14.0 Å². The van der Waals surface area contributed by atoms with Gasteiger partial charge in [0.25, 0.3) is 0 Å². The van der Waals surface area contributed by atoms with Crippen molar-refractivity contribution in [1.82, 2.24) is 4.90 Å². The summed E-state index contributed by atoms with van der Waals surface area (Å²) < 4.78 is 12.8. The number of halogens is 1. The van der Waals surface area contributed by atoms with Crippen molar-refractivity contribution >= 4 is 11.8 Å². The van der Waals surface area contributed by atoms with Crippen LogP contribution in [0.5, 0.6) is 0 Å². The molecule has 15 heavy (non-hydrogen) atoms. The average molecular weight is 217 g/mol. The fraction of sp³-hybridized carbons (Fsp3) is 0.778. The van der Waals surface area contributed by atoms with Gasteiger partial charge in [0.15, 0.2) is 0 Å². The number of carbonyl (C=O) groups is 2. The lowest BCUT2D eigenvalue weighted by molar-refractivity contribution is -0.132. The Kier molecular flexibility index (Phi) is 4.02. The van der Waals surface area contributed by atoms with Crippen molar-refractivity contribution in [3.63, 3.8) is 0 Å². The fourth-order valence-electron chi connectivity index (χ4n) is 1.57. The normalized spacial score (nSPS) is 22.8. The highest BCUT2D eigenvalue weighted by atomic mass is 19.1. The van der Waals surface area contributed by atoms with E-state index >= 15 is 0 Å². The van der Waals surface area contributed by atoms with Gasteiger partial charge in [-0.15, -0.1) is 0 Å². The second kappa shape index (κ2) is 5.06. The minimum atomic E-state index is -0.947. The summed E-state index contributed by atoms with van der Waals surface area (Å²) in [4.78, 5) is 23.5. The van der Waals surface area contributed by atoms with Crippen LogP contribution in [0.15, 0.2) is 0 Å². The monoisotopic (exact) mass is 217 g/mol. The van der Waals surface area contributed by atoms with Gasteiger partial charge in [-0.2, -0.15) is 0 Å². The first-order chi connectivity index (χ1) is 7.00. The van der Waals surface area contributed by atoms with Gasteiger partial charge in [0.2, 0.25) is 11.8 Å². The quantitative estimate of drug-likeness (QED) is 0.642. The van der Waals surface area contributed by atoms with Gasteiger partial charge in [0.1, 0.15) is 6.17 Å². The summed E-state index contributed by atoms with van der Waals surface area (Å²) in [5.74, 6) is -0.778. The first kappa shape index (κ1) is 11.9. The van der Waals surface area contributed by atoms with Crippen LogP contribution in [0.4, 0.5) is 4.39 Å². The maximum Gasteiger partial charge on any atom is 0.239 e. The number of hydrogen-bond donors (Lipinski definition) is 2. The Morgan fingerprint density at radius 1 is 1.53 bits per heavy atom. The molecule has 1 fully saturated rings. The Morgan fingerprint density at radius 3 is 2.67 bits per heavy atom. The van der Waals surface area contributed by atoms with Crippen molar-refractivity contribution in [1.29, 1.82) is 0 Å². The molecule has 0 spiro atoms. The zero-order valence-corrected chi connectivity index (χ0v) is 8.49. The molecule has 1 heterocycles. The minimum Gasteiger partial charge on any atom is -0.370 e. The Bertz CT molecular complexity index is 260. The molecule has 0 saturated carbocycles. The first-order valence-corrected chi connectivity index (χ1v) is 4.97. The van der Waals surface area contributed by atoms with E-state index in [0.29, 0.717) is 13.0 Å². The highest BCUT2D eigenvalue weighted by Crippen LogP contribution is 2.13. The highest BCUT2D eigenvalue weighted by molar-refractivity contribution is 5.83. The van der Waals surface area contributed by atoms with Gasteiger partial charge in [-0.3, -0.25) is 9.59 Å². The lowest BCUT2D eigenvalue weighted by Crippen LogP contribution is -2.43. The Labute approximate surface area is 87.6 Å². The molecule has 4 N–H and O–H groups in total. The average Bonchev–Trinajstić information content (AvgIpc) is 2.60. The summed E-state index contributed by atoms with van der Waals surface area (Å²) >= 11 is 0. The SMILES string of the molecule is NC(=O)CC[C@H](N)C(=O)N1CC[C@H](F)C1. The maximum absolute atomic E-state index is 12.8. The Morgan fingerprint density at radius 2 is 2.20 bits per heavy atom. The number of carbonyl (C=O) groups excluding carboxylic acids is 2. The summed E-state index contributed by atoms with van der Waals surface area (Å²) in [6.45, 7) is 0.521. The van der Waals surface area contributed by atoms with Gasteiger partial charge in [-0.05, 0) is 12.8 Å². The number of likely N-dealkylation sites (tertiary alicyclic amines) is 1. The van der Waals surface area contributed by atoms with Crippen LogP contribution in [-0.4, -0.2) is 42.0 Å². The van der Waals surface area contributed by atoms with Crippen LogP contribution >= 0.6 is 0 Å². The van der Waals surface area contributed by atoms with Gasteiger partial charge in [0.05, 0.1) is 12.6 Å². The summed E-state index contributed by atoms with van der Waals surface area (Å²) in [5, 5.41) is 0. The van der Waals surface area contributed by atoms with Crippen LogP contribution in [0, 0.1) is 0 Å². The van der Waals surface area contributed by atoms with Crippen molar-refractivity contribution in [2.24, 2.45) is 11.5 Å². The molecule has 0 bridgehead atoms. The fourth-order valence-corrected chi connectivity index (χ4v) is 1.57. The van der Waals surface area contributed by atoms with Crippen molar-refractivity contribution in [3.05, 3.63) is 0 Å². The van der Waals surface area contributed by atoms with E-state index in [9.17, 15) is 14.0 Å². The smallest absolute Gasteiger partial charge is 0.239 e. The molecular weight excluding hydrogens is 201 g/mol. The van der Waals surface area contributed by atoms with E-state index in [1.54, 1.807) is 0 Å². The van der Waals surface area contributed by atoms with Crippen LogP contribution in [0.2, 0.25) is 0 Å². The van der Waals surface area contributed by atoms with Crippen molar-refractivity contribution in [2.45, 2.75) is 31.5 Å². The standard InChI is InChI=1S/C9H16FN3O2/c10-6-3-4-13(5-6)9(15)7(11)1-2-8(12)14/h6-7H,1-5,11H2,(H2,12,14)/t6-,7-/m0/s1. The van der Waals surface area contributed by atoms with E-state index < -0.39 is 18.1 Å². The molecule has 1 aliphatic rings. The summed E-state index contributed by atoms with van der Waals surface area (Å²) in [7, 11) is 0. The highest BCUT2D eigenvalue weighted by Gasteiger charge is 2.28. The summed E-state index contributed by atoms with van der Waals surface area (Å²) in [5.41, 5.74) is 10.5. The molecule has 5 nitrogen and oxygen atoms in total. The lowest BCUT2D eigenvalue weighted by atomic mass is 10.1. The molecule has 86 valence electrons. The second-order valence-corrected chi connectivity index (χ2v) is 3.78. The zero-order chi connectivity index (χ0) is 11.4. The number of amides is 2. The van der Waals surface area contributed by atoms with E-state index in [4.69, 9.17) is 11.5 Å². The molecule has 1 aliphatic heterocycles. The Hall–Kier alpha value is -1.17. The molecule has 0 aliphatic carbocycles. The number of rotatable bonds is 4. The predicted octanol–water partition coefficient (Wildman–Crippen LogP) is -0.850. The maximum atomic E-state index is 12.8. The zero-order valence-electron chi connectivity index (χ0n) is 8.49. The van der Waals surface area contributed by atoms with E-state index in [1.807, 2.05) is 0 Å². The van der Waals surface area contributed by atoms with Gasteiger partial charge >= 0.3 is 0 Å². The van der Waals surface area contributed by atoms with E-state index in [1.165, 1.54) is 4.90 Å². The molecule has 6 heteroatoms. The third kappa shape index (κ3) is 3.47. The molecule has 0 unspecified atom stereocenters. The molecular formula is C9H16FN3O2. The number of nitrogens with two attached hydrogens (primary N) is 2. The van der Waals surface area contributed by atoms with E-state index in [0.717, 1.165) is 0 Å². The summed E-state index contributed by atoms with van der Waals surface area (Å²) in [6.07, 6.45) is -0.271. The number of nitrogens with zero attached hydrogens (tertiary/aromatic N) is 1. The van der Waals surface area contributed by atoms with Crippen LogP contribution in [0.25, 0.3) is 0 Å². The molecule has 2 amide bonds. The predicted molar refractivity (Wildman–Crippen MR) is 52.5 cm³/mol. The minimum absolute atomic E-state index is 0.0831. The van der Waals surface area contributed by atoms with Gasteiger partial charge < -0.3 is 16.4 Å². The largest absolute Gasteiger partial charge is 0.370 e. The molecule has 1 saturated heterocycles. The third-order valence-electron chi connectivity index (χ3n) is 2.46. The van der Waals surface area contributed by atoms with Crippen LogP contribution in [0.1, 0.15) is 19.3 Å². The van der Waals surface area contributed by atoms with E-state index in [-0.39, 0.29) is 25.3 Å². The van der Waals surface area contributed by atoms with Gasteiger partial charge in [0, 0.05) is 13.0 Å². The van der Waals surface area contributed by atoms with Crippen LogP contribution in [0.3, 0.4) is 0 Å². The van der Waals surface area contributed by atoms with Crippen LogP contribution < -0.4 is 11.5 Å². The van der Waals surface area contributed by atoms with Gasteiger partial charge in [-0.1, -0.05) is 0 Å². The molecule has 0 radical (unpaired) electrons. The summed E-state index contributed by atoms with van der Waals surface area (Å²) in [6, 6.07) is -0.747. The number of primary amides is 1. The number of alkyl halides is 1. The lowest BCUT2D eigenvalue weighted by Gasteiger charge is -2.19. The van der Waals surface area contributed by atoms with Crippen LogP contribution in [-0.2, 0) is 9.59 Å². The first-order valence-electron chi connectivity index (χ1n) is 4.97. The Balaban J connectivity index is 2.35. The second-order valence-electron chi connectivity index (χ2n) is 3.78. The van der Waals surface area contributed by atoms with Crippen molar-refractivity contribution in [3.8, 4) is 0 Å².